The zero-order chi connectivity index (χ0) is 17.6. The molecule has 2 aromatic carbocycles. The number of esters is 1. The van der Waals surface area contributed by atoms with Crippen LogP contribution < -0.4 is 10.5 Å². The predicted molar refractivity (Wildman–Crippen MR) is 96.0 cm³/mol. The summed E-state index contributed by atoms with van der Waals surface area (Å²) in [7, 11) is 0. The summed E-state index contributed by atoms with van der Waals surface area (Å²) in [6, 6.07) is 16.1. The highest BCUT2D eigenvalue weighted by Crippen LogP contribution is 2.25. The minimum Gasteiger partial charge on any atom is -0.476 e. The minimum atomic E-state index is -1.01. The fraction of sp³-hybridized carbons (Fsp3) is 0.350. The zero-order valence-electron chi connectivity index (χ0n) is 14.5. The summed E-state index contributed by atoms with van der Waals surface area (Å²) < 4.78 is 10.8. The first-order valence-electron chi connectivity index (χ1n) is 8.22. The highest BCUT2D eigenvalue weighted by atomic mass is 16.6. The fourth-order valence-corrected chi connectivity index (χ4v) is 2.39. The molecule has 0 aromatic heterocycles. The molecule has 0 aliphatic carbocycles. The smallest absolute Gasteiger partial charge is 0.349 e. The zero-order valence-corrected chi connectivity index (χ0v) is 14.5. The van der Waals surface area contributed by atoms with Gasteiger partial charge in [0.15, 0.2) is 5.60 Å². The van der Waals surface area contributed by atoms with Gasteiger partial charge in [-0.2, -0.15) is 0 Å². The van der Waals surface area contributed by atoms with E-state index in [-0.39, 0.29) is 5.97 Å². The van der Waals surface area contributed by atoms with Gasteiger partial charge >= 0.3 is 5.97 Å². The van der Waals surface area contributed by atoms with Gasteiger partial charge in [-0.05, 0) is 62.6 Å². The molecule has 2 aromatic rings. The second-order valence-corrected chi connectivity index (χ2v) is 6.09. The van der Waals surface area contributed by atoms with Gasteiger partial charge in [0.2, 0.25) is 0 Å². The van der Waals surface area contributed by atoms with Crippen LogP contribution in [0.2, 0.25) is 0 Å². The van der Waals surface area contributed by atoms with Crippen LogP contribution in [0, 0.1) is 0 Å². The Hall–Kier alpha value is -2.33. The summed E-state index contributed by atoms with van der Waals surface area (Å²) >= 11 is 0. The van der Waals surface area contributed by atoms with E-state index in [0.29, 0.717) is 18.9 Å². The van der Waals surface area contributed by atoms with Crippen LogP contribution in [0.4, 0.5) is 0 Å². The van der Waals surface area contributed by atoms with Crippen molar-refractivity contribution in [1.82, 2.24) is 0 Å². The standard InChI is InChI=1S/C20H25NO3/c1-4-23-19(22)20(2,3)24-18-11-9-17(10-12-18)16-7-5-15(6-8-16)13-14-21/h5-12H,4,13-14,21H2,1-3H3. The van der Waals surface area contributed by atoms with Crippen molar-refractivity contribution in [3.8, 4) is 16.9 Å². The maximum atomic E-state index is 11.9. The number of ether oxygens (including phenoxy) is 2. The molecule has 4 nitrogen and oxygen atoms in total. The molecule has 0 unspecified atom stereocenters. The largest absolute Gasteiger partial charge is 0.476 e. The van der Waals surface area contributed by atoms with Gasteiger partial charge in [0.25, 0.3) is 0 Å². The van der Waals surface area contributed by atoms with Crippen LogP contribution in [0.15, 0.2) is 48.5 Å². The second kappa shape index (κ2) is 7.97. The number of nitrogens with two attached hydrogens (primary N) is 1. The van der Waals surface area contributed by atoms with Crippen LogP contribution in [0.5, 0.6) is 5.75 Å². The maximum absolute atomic E-state index is 11.9. The van der Waals surface area contributed by atoms with E-state index in [1.807, 2.05) is 24.3 Å². The lowest BCUT2D eigenvalue weighted by Gasteiger charge is -2.24. The Labute approximate surface area is 143 Å². The molecule has 0 bridgehead atoms. The molecule has 24 heavy (non-hydrogen) atoms. The average Bonchev–Trinajstić information content (AvgIpc) is 2.56. The molecular formula is C20H25NO3. The first kappa shape index (κ1) is 18.0. The van der Waals surface area contributed by atoms with Crippen LogP contribution in [-0.4, -0.2) is 24.7 Å². The summed E-state index contributed by atoms with van der Waals surface area (Å²) in [5.74, 6) is 0.265. The van der Waals surface area contributed by atoms with Gasteiger partial charge in [0, 0.05) is 0 Å². The number of hydrogen-bond donors (Lipinski definition) is 1. The quantitative estimate of drug-likeness (QED) is 0.790. The van der Waals surface area contributed by atoms with Gasteiger partial charge in [-0.3, -0.25) is 0 Å². The highest BCUT2D eigenvalue weighted by molar-refractivity contribution is 5.79. The first-order valence-corrected chi connectivity index (χ1v) is 8.22. The molecule has 128 valence electrons. The van der Waals surface area contributed by atoms with Crippen molar-refractivity contribution in [2.45, 2.75) is 32.8 Å². The highest BCUT2D eigenvalue weighted by Gasteiger charge is 2.31. The van der Waals surface area contributed by atoms with E-state index in [4.69, 9.17) is 15.2 Å². The van der Waals surface area contributed by atoms with E-state index in [1.165, 1.54) is 5.56 Å². The molecule has 2 N–H and O–H groups in total. The van der Waals surface area contributed by atoms with Crippen LogP contribution in [0.25, 0.3) is 11.1 Å². The molecule has 4 heteroatoms. The minimum absolute atomic E-state index is 0.338. The van der Waals surface area contributed by atoms with Crippen molar-refractivity contribution < 1.29 is 14.3 Å². The van der Waals surface area contributed by atoms with Crippen molar-refractivity contribution in [3.05, 3.63) is 54.1 Å². The summed E-state index contributed by atoms with van der Waals surface area (Å²) in [6.07, 6.45) is 0.885. The molecule has 0 aliphatic heterocycles. The van der Waals surface area contributed by atoms with Crippen LogP contribution in [0.3, 0.4) is 0 Å². The molecule has 0 atom stereocenters. The summed E-state index contributed by atoms with van der Waals surface area (Å²) in [5.41, 5.74) is 8.02. The topological polar surface area (TPSA) is 61.5 Å². The molecule has 0 aliphatic rings. The average molecular weight is 327 g/mol. The van der Waals surface area contributed by atoms with E-state index in [9.17, 15) is 4.79 Å². The number of rotatable bonds is 7. The molecular weight excluding hydrogens is 302 g/mol. The third kappa shape index (κ3) is 4.59. The van der Waals surface area contributed by atoms with Crippen molar-refractivity contribution in [3.63, 3.8) is 0 Å². The van der Waals surface area contributed by atoms with Gasteiger partial charge in [-0.1, -0.05) is 36.4 Å². The Morgan fingerprint density at radius 1 is 1.00 bits per heavy atom. The Morgan fingerprint density at radius 3 is 2.04 bits per heavy atom. The van der Waals surface area contributed by atoms with Crippen molar-refractivity contribution in [2.24, 2.45) is 5.73 Å². The predicted octanol–water partition coefficient (Wildman–Crippen LogP) is 3.58. The lowest BCUT2D eigenvalue weighted by atomic mass is 10.0. The summed E-state index contributed by atoms with van der Waals surface area (Å²) in [5, 5.41) is 0. The molecule has 0 radical (unpaired) electrons. The second-order valence-electron chi connectivity index (χ2n) is 6.09. The molecule has 0 fully saturated rings. The SMILES string of the molecule is CCOC(=O)C(C)(C)Oc1ccc(-c2ccc(CCN)cc2)cc1. The number of carbonyl (C=O) groups is 1. The van der Waals surface area contributed by atoms with E-state index in [1.54, 1.807) is 20.8 Å². The molecule has 0 heterocycles. The first-order chi connectivity index (χ1) is 11.5. The van der Waals surface area contributed by atoms with E-state index in [0.717, 1.165) is 17.5 Å². The van der Waals surface area contributed by atoms with Crippen LogP contribution >= 0.6 is 0 Å². The van der Waals surface area contributed by atoms with Crippen molar-refractivity contribution >= 4 is 5.97 Å². The van der Waals surface area contributed by atoms with Gasteiger partial charge < -0.3 is 15.2 Å². The van der Waals surface area contributed by atoms with E-state index < -0.39 is 5.60 Å². The van der Waals surface area contributed by atoms with Crippen molar-refractivity contribution in [1.29, 1.82) is 0 Å². The maximum Gasteiger partial charge on any atom is 0.349 e. The Balaban J connectivity index is 2.08. The molecule has 0 amide bonds. The Morgan fingerprint density at radius 2 is 1.54 bits per heavy atom. The lowest BCUT2D eigenvalue weighted by molar-refractivity contribution is -0.158. The monoisotopic (exact) mass is 327 g/mol. The molecule has 2 rings (SSSR count). The van der Waals surface area contributed by atoms with Crippen molar-refractivity contribution in [2.75, 3.05) is 13.2 Å². The van der Waals surface area contributed by atoms with Gasteiger partial charge in [0.05, 0.1) is 6.61 Å². The van der Waals surface area contributed by atoms with Gasteiger partial charge in [-0.15, -0.1) is 0 Å². The number of benzene rings is 2. The van der Waals surface area contributed by atoms with Gasteiger partial charge in [-0.25, -0.2) is 4.79 Å². The summed E-state index contributed by atoms with van der Waals surface area (Å²) in [6.45, 7) is 6.18. The lowest BCUT2D eigenvalue weighted by Crippen LogP contribution is -2.39. The third-order valence-corrected chi connectivity index (χ3v) is 3.71. The Kier molecular flexibility index (Phi) is 5.99. The van der Waals surface area contributed by atoms with E-state index >= 15 is 0 Å². The van der Waals surface area contributed by atoms with Gasteiger partial charge in [0.1, 0.15) is 5.75 Å². The normalized spacial score (nSPS) is 11.2. The number of hydrogen-bond acceptors (Lipinski definition) is 4. The number of carbonyl (C=O) groups excluding carboxylic acids is 1. The summed E-state index contributed by atoms with van der Waals surface area (Å²) in [4.78, 5) is 11.9. The molecule has 0 saturated heterocycles. The molecule has 0 spiro atoms. The fourth-order valence-electron chi connectivity index (χ4n) is 2.39. The molecule has 0 saturated carbocycles. The van der Waals surface area contributed by atoms with E-state index in [2.05, 4.69) is 24.3 Å². The Bertz CT molecular complexity index is 660. The van der Waals surface area contributed by atoms with Crippen LogP contribution in [-0.2, 0) is 16.0 Å². The third-order valence-electron chi connectivity index (χ3n) is 3.71. The van der Waals surface area contributed by atoms with Crippen LogP contribution in [0.1, 0.15) is 26.3 Å².